The molecule has 1 aliphatic carbocycles. The summed E-state index contributed by atoms with van der Waals surface area (Å²) in [7, 11) is -1.87. The number of aromatic nitrogens is 2. The minimum atomic E-state index is -3.72. The molecule has 1 saturated carbocycles. The van der Waals surface area contributed by atoms with E-state index in [2.05, 4.69) is 34.6 Å². The number of pyridine rings is 1. The van der Waals surface area contributed by atoms with E-state index in [-0.39, 0.29) is 29.7 Å². The number of hydrogen-bond acceptors (Lipinski definition) is 4. The van der Waals surface area contributed by atoms with Gasteiger partial charge in [-0.2, -0.15) is 0 Å². The fourth-order valence-corrected chi connectivity index (χ4v) is 5.55. The van der Waals surface area contributed by atoms with Crippen LogP contribution >= 0.6 is 24.8 Å². The fourth-order valence-electron chi connectivity index (χ4n) is 4.18. The van der Waals surface area contributed by atoms with Crippen LogP contribution in [0.4, 0.5) is 0 Å². The van der Waals surface area contributed by atoms with Crippen molar-refractivity contribution in [2.24, 2.45) is 0 Å². The average Bonchev–Trinajstić information content (AvgIpc) is 3.20. The third kappa shape index (κ3) is 5.50. The minimum Gasteiger partial charge on any atom is -0.316 e. The summed E-state index contributed by atoms with van der Waals surface area (Å²) in [5.41, 5.74) is 3.86. The Bertz CT molecular complexity index is 1060. The molecule has 0 aliphatic heterocycles. The van der Waals surface area contributed by atoms with Crippen molar-refractivity contribution in [3.05, 3.63) is 72.2 Å². The lowest BCUT2D eigenvalue weighted by atomic mass is 9.84. The second-order valence-electron chi connectivity index (χ2n) is 7.71. The van der Waals surface area contributed by atoms with Gasteiger partial charge in [0.25, 0.3) is 10.0 Å². The van der Waals surface area contributed by atoms with Crippen LogP contribution < -0.4 is 5.32 Å². The molecule has 0 bridgehead atoms. The monoisotopic (exact) mass is 481 g/mol. The van der Waals surface area contributed by atoms with Gasteiger partial charge < -0.3 is 5.32 Å². The van der Waals surface area contributed by atoms with Gasteiger partial charge in [0.2, 0.25) is 0 Å². The van der Waals surface area contributed by atoms with Crippen molar-refractivity contribution in [1.82, 2.24) is 14.3 Å². The molecule has 4 rings (SSSR count). The fraction of sp³-hybridized carbons (Fsp3) is 0.348. The lowest BCUT2D eigenvalue weighted by molar-refractivity contribution is 0.443. The molecule has 0 saturated heterocycles. The van der Waals surface area contributed by atoms with Crippen LogP contribution in [0.2, 0.25) is 0 Å². The first-order chi connectivity index (χ1) is 14.1. The van der Waals surface area contributed by atoms with Gasteiger partial charge in [-0.1, -0.05) is 43.5 Å². The Kier molecular flexibility index (Phi) is 9.13. The van der Waals surface area contributed by atoms with E-state index in [9.17, 15) is 8.42 Å². The summed E-state index contributed by atoms with van der Waals surface area (Å²) in [6, 6.07) is 13.6. The zero-order valence-electron chi connectivity index (χ0n) is 17.5. The van der Waals surface area contributed by atoms with Crippen LogP contribution in [0.15, 0.2) is 66.0 Å². The standard InChI is InChI=1S/C23H27N3O2S.2ClH/c1-24-15-18-14-23(26(17-18)29(27,28)22-8-5-13-25-16-22)21-11-9-20(10-12-21)19-6-3-2-4-7-19;;/h5,8-14,16-17,19,24H,2-4,6-7,15H2,1H3;2*1H. The Morgan fingerprint density at radius 1 is 1.06 bits per heavy atom. The molecule has 1 fully saturated rings. The first-order valence-corrected chi connectivity index (χ1v) is 11.7. The van der Waals surface area contributed by atoms with Gasteiger partial charge in [0.1, 0.15) is 4.90 Å². The minimum absolute atomic E-state index is 0. The third-order valence-electron chi connectivity index (χ3n) is 5.70. The second-order valence-corrected chi connectivity index (χ2v) is 9.53. The van der Waals surface area contributed by atoms with Gasteiger partial charge in [-0.05, 0) is 60.7 Å². The molecule has 0 amide bonds. The molecule has 3 aromatic rings. The zero-order valence-corrected chi connectivity index (χ0v) is 20.0. The van der Waals surface area contributed by atoms with Crippen LogP contribution in [0.5, 0.6) is 0 Å². The normalized spacial score (nSPS) is 14.5. The Morgan fingerprint density at radius 3 is 2.39 bits per heavy atom. The van der Waals surface area contributed by atoms with E-state index in [1.807, 2.05) is 13.1 Å². The largest absolute Gasteiger partial charge is 0.316 e. The van der Waals surface area contributed by atoms with Crippen molar-refractivity contribution in [2.75, 3.05) is 7.05 Å². The topological polar surface area (TPSA) is 64.0 Å². The summed E-state index contributed by atoms with van der Waals surface area (Å²) in [6.07, 6.45) is 11.1. The summed E-state index contributed by atoms with van der Waals surface area (Å²) in [5, 5.41) is 3.10. The molecule has 2 aromatic heterocycles. The van der Waals surface area contributed by atoms with Crippen molar-refractivity contribution < 1.29 is 8.42 Å². The molecule has 5 nitrogen and oxygen atoms in total. The lowest BCUT2D eigenvalue weighted by Crippen LogP contribution is -2.13. The molecule has 2 heterocycles. The average molecular weight is 482 g/mol. The maximum absolute atomic E-state index is 13.3. The van der Waals surface area contributed by atoms with Gasteiger partial charge in [-0.25, -0.2) is 12.4 Å². The van der Waals surface area contributed by atoms with Gasteiger partial charge >= 0.3 is 0 Å². The molecule has 1 aromatic carbocycles. The second kappa shape index (κ2) is 11.1. The maximum Gasteiger partial charge on any atom is 0.269 e. The summed E-state index contributed by atoms with van der Waals surface area (Å²) in [5.74, 6) is 0.628. The van der Waals surface area contributed by atoms with Gasteiger partial charge in [0, 0.05) is 25.1 Å². The Hall–Kier alpha value is -1.86. The Balaban J connectivity index is 0.00000171. The van der Waals surface area contributed by atoms with Crippen molar-refractivity contribution >= 4 is 34.8 Å². The van der Waals surface area contributed by atoms with Crippen LogP contribution in [0.25, 0.3) is 11.3 Å². The summed E-state index contributed by atoms with van der Waals surface area (Å²) in [6.45, 7) is 0.600. The predicted molar refractivity (Wildman–Crippen MR) is 130 cm³/mol. The number of rotatable bonds is 6. The summed E-state index contributed by atoms with van der Waals surface area (Å²) in [4.78, 5) is 4.17. The van der Waals surface area contributed by atoms with E-state index >= 15 is 0 Å². The first kappa shape index (κ1) is 25.4. The predicted octanol–water partition coefficient (Wildman–Crippen LogP) is 5.40. The Morgan fingerprint density at radius 2 is 1.77 bits per heavy atom. The lowest BCUT2D eigenvalue weighted by Gasteiger charge is -2.22. The van der Waals surface area contributed by atoms with E-state index in [1.54, 1.807) is 24.5 Å². The highest BCUT2D eigenvalue weighted by atomic mass is 35.5. The molecule has 31 heavy (non-hydrogen) atoms. The van der Waals surface area contributed by atoms with E-state index in [1.165, 1.54) is 47.8 Å². The maximum atomic E-state index is 13.3. The Labute approximate surface area is 197 Å². The van der Waals surface area contributed by atoms with Crippen LogP contribution in [-0.2, 0) is 16.6 Å². The van der Waals surface area contributed by atoms with Crippen molar-refractivity contribution in [2.45, 2.75) is 49.5 Å². The third-order valence-corrected chi connectivity index (χ3v) is 7.35. The molecular formula is C23H29Cl2N3O2S. The van der Waals surface area contributed by atoms with Gasteiger partial charge in [-0.3, -0.25) is 4.98 Å². The van der Waals surface area contributed by atoms with Gasteiger partial charge in [0.05, 0.1) is 5.69 Å². The highest BCUT2D eigenvalue weighted by Gasteiger charge is 2.22. The van der Waals surface area contributed by atoms with E-state index in [0.717, 1.165) is 11.1 Å². The van der Waals surface area contributed by atoms with Gasteiger partial charge in [-0.15, -0.1) is 24.8 Å². The number of halogens is 2. The number of hydrogen-bond donors (Lipinski definition) is 1. The SMILES string of the molecule is CNCc1cc(-c2ccc(C3CCCCC3)cc2)n(S(=O)(=O)c2cccnc2)c1.Cl.Cl. The summed E-state index contributed by atoms with van der Waals surface area (Å²) < 4.78 is 27.9. The molecule has 0 radical (unpaired) electrons. The smallest absolute Gasteiger partial charge is 0.269 e. The van der Waals surface area contributed by atoms with Crippen LogP contribution in [0.3, 0.4) is 0 Å². The molecule has 0 spiro atoms. The van der Waals surface area contributed by atoms with Crippen molar-refractivity contribution in [3.8, 4) is 11.3 Å². The van der Waals surface area contributed by atoms with Crippen LogP contribution in [0.1, 0.15) is 49.1 Å². The van der Waals surface area contributed by atoms with Crippen molar-refractivity contribution in [3.63, 3.8) is 0 Å². The molecule has 1 N–H and O–H groups in total. The van der Waals surface area contributed by atoms with Crippen LogP contribution in [-0.4, -0.2) is 24.4 Å². The molecule has 168 valence electrons. The molecule has 0 unspecified atom stereocenters. The zero-order chi connectivity index (χ0) is 20.3. The molecule has 8 heteroatoms. The molecule has 0 atom stereocenters. The molecule has 1 aliphatic rings. The number of nitrogens with zero attached hydrogens (tertiary/aromatic N) is 2. The van der Waals surface area contributed by atoms with E-state index in [4.69, 9.17) is 0 Å². The first-order valence-electron chi connectivity index (χ1n) is 10.2. The highest BCUT2D eigenvalue weighted by Crippen LogP contribution is 2.34. The van der Waals surface area contributed by atoms with E-state index < -0.39 is 10.0 Å². The van der Waals surface area contributed by atoms with Crippen LogP contribution in [0, 0.1) is 0 Å². The highest BCUT2D eigenvalue weighted by molar-refractivity contribution is 7.90. The molecular weight excluding hydrogens is 453 g/mol. The van der Waals surface area contributed by atoms with Crippen molar-refractivity contribution in [1.29, 1.82) is 0 Å². The quantitative estimate of drug-likeness (QED) is 0.511. The van der Waals surface area contributed by atoms with E-state index in [0.29, 0.717) is 18.2 Å². The summed E-state index contributed by atoms with van der Waals surface area (Å²) >= 11 is 0. The number of nitrogens with one attached hydrogen (secondary N) is 1. The van der Waals surface area contributed by atoms with Gasteiger partial charge in [0.15, 0.2) is 0 Å². The number of benzene rings is 1.